The van der Waals surface area contributed by atoms with E-state index in [-0.39, 0.29) is 18.0 Å². The summed E-state index contributed by atoms with van der Waals surface area (Å²) in [4.78, 5) is 21.1. The number of aromatic nitrogens is 1. The number of likely N-dealkylation sites (tertiary alicyclic amines) is 2. The van der Waals surface area contributed by atoms with Crippen molar-refractivity contribution < 1.29 is 4.79 Å². The van der Waals surface area contributed by atoms with E-state index < -0.39 is 0 Å². The average Bonchev–Trinajstić information content (AvgIpc) is 3.16. The Balaban J connectivity index is 1.47. The number of nitriles is 1. The van der Waals surface area contributed by atoms with Crippen molar-refractivity contribution in [3.05, 3.63) is 65.5 Å². The van der Waals surface area contributed by atoms with E-state index >= 15 is 0 Å². The summed E-state index contributed by atoms with van der Waals surface area (Å²) >= 11 is 0. The first-order valence-electron chi connectivity index (χ1n) is 8.66. The SMILES string of the molecule is N#Cc1cccc(CN2CC[C@@H]3[C@@H]2CC(=O)N3Cc2cccnc2)c1. The third-order valence-corrected chi connectivity index (χ3v) is 5.25. The summed E-state index contributed by atoms with van der Waals surface area (Å²) in [5, 5.41) is 9.06. The standard InChI is InChI=1S/C20H20N4O/c21-11-15-3-1-4-16(9-15)13-23-8-6-18-19(23)10-20(25)24(18)14-17-5-2-7-22-12-17/h1-5,7,9,12,18-19H,6,8,10,13-14H2/t18-,19+/m1/s1. The highest BCUT2D eigenvalue weighted by Gasteiger charge is 2.46. The minimum atomic E-state index is 0.231. The van der Waals surface area contributed by atoms with Crippen LogP contribution >= 0.6 is 0 Å². The van der Waals surface area contributed by atoms with Crippen molar-refractivity contribution in [2.75, 3.05) is 6.54 Å². The number of rotatable bonds is 4. The van der Waals surface area contributed by atoms with Gasteiger partial charge in [-0.15, -0.1) is 0 Å². The highest BCUT2D eigenvalue weighted by Crippen LogP contribution is 2.34. The number of benzene rings is 1. The zero-order valence-electron chi connectivity index (χ0n) is 14.0. The van der Waals surface area contributed by atoms with Crippen molar-refractivity contribution in [3.8, 4) is 6.07 Å². The maximum Gasteiger partial charge on any atom is 0.224 e. The van der Waals surface area contributed by atoms with E-state index in [1.165, 1.54) is 0 Å². The fourth-order valence-electron chi connectivity index (χ4n) is 4.07. The summed E-state index contributed by atoms with van der Waals surface area (Å²) < 4.78 is 0. The molecule has 0 saturated carbocycles. The number of amides is 1. The normalized spacial score (nSPS) is 22.8. The molecule has 2 saturated heterocycles. The lowest BCUT2D eigenvalue weighted by Crippen LogP contribution is -2.36. The van der Waals surface area contributed by atoms with Crippen molar-refractivity contribution in [3.63, 3.8) is 0 Å². The second-order valence-electron chi connectivity index (χ2n) is 6.79. The van der Waals surface area contributed by atoms with Crippen LogP contribution in [-0.4, -0.2) is 39.3 Å². The molecule has 0 aliphatic carbocycles. The van der Waals surface area contributed by atoms with Gasteiger partial charge in [-0.1, -0.05) is 18.2 Å². The molecule has 2 aliphatic rings. The molecule has 0 radical (unpaired) electrons. The van der Waals surface area contributed by atoms with Crippen LogP contribution in [0, 0.1) is 11.3 Å². The first-order valence-corrected chi connectivity index (χ1v) is 8.66. The molecular formula is C20H20N4O. The number of carbonyl (C=O) groups excluding carboxylic acids is 1. The minimum absolute atomic E-state index is 0.231. The Morgan fingerprint density at radius 2 is 2.04 bits per heavy atom. The molecule has 25 heavy (non-hydrogen) atoms. The fraction of sp³-hybridized carbons (Fsp3) is 0.350. The Hall–Kier alpha value is -2.71. The van der Waals surface area contributed by atoms with Gasteiger partial charge in [0.2, 0.25) is 5.91 Å². The Labute approximate surface area is 147 Å². The zero-order chi connectivity index (χ0) is 17.2. The lowest BCUT2D eigenvalue weighted by molar-refractivity contribution is -0.129. The molecule has 126 valence electrons. The fourth-order valence-corrected chi connectivity index (χ4v) is 4.07. The van der Waals surface area contributed by atoms with Gasteiger partial charge in [-0.2, -0.15) is 5.26 Å². The van der Waals surface area contributed by atoms with Gasteiger partial charge in [0.1, 0.15) is 0 Å². The highest BCUT2D eigenvalue weighted by atomic mass is 16.2. The van der Waals surface area contributed by atoms with E-state index in [1.807, 2.05) is 41.4 Å². The molecule has 2 atom stereocenters. The van der Waals surface area contributed by atoms with Crippen molar-refractivity contribution in [2.45, 2.75) is 38.0 Å². The Morgan fingerprint density at radius 1 is 1.16 bits per heavy atom. The Morgan fingerprint density at radius 3 is 2.84 bits per heavy atom. The largest absolute Gasteiger partial charge is 0.334 e. The first kappa shape index (κ1) is 15.8. The molecule has 2 fully saturated rings. The van der Waals surface area contributed by atoms with Crippen molar-refractivity contribution in [1.82, 2.24) is 14.8 Å². The maximum atomic E-state index is 12.5. The maximum absolute atomic E-state index is 12.5. The number of carbonyl (C=O) groups is 1. The van der Waals surface area contributed by atoms with E-state index in [4.69, 9.17) is 5.26 Å². The summed E-state index contributed by atoms with van der Waals surface area (Å²) in [7, 11) is 0. The molecule has 1 amide bonds. The minimum Gasteiger partial charge on any atom is -0.334 e. The van der Waals surface area contributed by atoms with Crippen LogP contribution in [0.3, 0.4) is 0 Å². The molecule has 2 aliphatic heterocycles. The third kappa shape index (κ3) is 3.13. The molecule has 0 bridgehead atoms. The number of hydrogen-bond acceptors (Lipinski definition) is 4. The lowest BCUT2D eigenvalue weighted by Gasteiger charge is -2.25. The van der Waals surface area contributed by atoms with Crippen molar-refractivity contribution >= 4 is 5.91 Å². The van der Waals surface area contributed by atoms with Crippen molar-refractivity contribution in [1.29, 1.82) is 5.26 Å². The van der Waals surface area contributed by atoms with Crippen LogP contribution in [0.5, 0.6) is 0 Å². The van der Waals surface area contributed by atoms with Crippen LogP contribution < -0.4 is 0 Å². The molecule has 1 aromatic carbocycles. The summed E-state index contributed by atoms with van der Waals surface area (Å²) in [6.07, 6.45) is 5.18. The monoisotopic (exact) mass is 332 g/mol. The van der Waals surface area contributed by atoms with Crippen LogP contribution in [-0.2, 0) is 17.9 Å². The second kappa shape index (κ2) is 6.66. The van der Waals surface area contributed by atoms with E-state index in [9.17, 15) is 4.79 Å². The van der Waals surface area contributed by atoms with E-state index in [0.29, 0.717) is 18.5 Å². The van der Waals surface area contributed by atoms with Crippen LogP contribution in [0.1, 0.15) is 29.5 Å². The van der Waals surface area contributed by atoms with Gasteiger partial charge in [-0.05, 0) is 35.7 Å². The zero-order valence-corrected chi connectivity index (χ0v) is 14.0. The number of pyridine rings is 1. The molecule has 5 nitrogen and oxygen atoms in total. The number of fused-ring (bicyclic) bond motifs is 1. The second-order valence-corrected chi connectivity index (χ2v) is 6.79. The Bertz CT molecular complexity index is 814. The van der Waals surface area contributed by atoms with Crippen LogP contribution in [0.25, 0.3) is 0 Å². The summed E-state index contributed by atoms with van der Waals surface area (Å²) in [5.41, 5.74) is 2.91. The molecule has 1 aromatic heterocycles. The number of nitrogens with zero attached hydrogens (tertiary/aromatic N) is 4. The summed E-state index contributed by atoms with van der Waals surface area (Å²) in [5.74, 6) is 0.231. The van der Waals surface area contributed by atoms with Crippen LogP contribution in [0.2, 0.25) is 0 Å². The van der Waals surface area contributed by atoms with E-state index in [2.05, 4.69) is 22.0 Å². The van der Waals surface area contributed by atoms with E-state index in [0.717, 1.165) is 30.6 Å². The smallest absolute Gasteiger partial charge is 0.224 e. The molecule has 4 rings (SSSR count). The molecule has 5 heteroatoms. The molecule has 3 heterocycles. The van der Waals surface area contributed by atoms with Gasteiger partial charge in [0.15, 0.2) is 0 Å². The van der Waals surface area contributed by atoms with Gasteiger partial charge >= 0.3 is 0 Å². The van der Waals surface area contributed by atoms with Crippen LogP contribution in [0.15, 0.2) is 48.8 Å². The van der Waals surface area contributed by atoms with Gasteiger partial charge < -0.3 is 4.90 Å². The quantitative estimate of drug-likeness (QED) is 0.862. The average molecular weight is 332 g/mol. The first-order chi connectivity index (χ1) is 12.2. The predicted molar refractivity (Wildman–Crippen MR) is 93.2 cm³/mol. The van der Waals surface area contributed by atoms with Crippen molar-refractivity contribution in [2.24, 2.45) is 0 Å². The summed E-state index contributed by atoms with van der Waals surface area (Å²) in [6.45, 7) is 2.43. The molecule has 2 aromatic rings. The van der Waals surface area contributed by atoms with Gasteiger partial charge in [0, 0.05) is 50.5 Å². The van der Waals surface area contributed by atoms with Crippen LogP contribution in [0.4, 0.5) is 0 Å². The lowest BCUT2D eigenvalue weighted by atomic mass is 10.1. The predicted octanol–water partition coefficient (Wildman–Crippen LogP) is 2.33. The topological polar surface area (TPSA) is 60.2 Å². The van der Waals surface area contributed by atoms with Gasteiger partial charge in [-0.25, -0.2) is 0 Å². The molecule has 0 N–H and O–H groups in total. The Kier molecular flexibility index (Phi) is 4.21. The van der Waals surface area contributed by atoms with Gasteiger partial charge in [0.05, 0.1) is 11.6 Å². The molecule has 0 spiro atoms. The highest BCUT2D eigenvalue weighted by molar-refractivity contribution is 5.80. The number of hydrogen-bond donors (Lipinski definition) is 0. The molecular weight excluding hydrogens is 312 g/mol. The third-order valence-electron chi connectivity index (χ3n) is 5.25. The molecule has 0 unspecified atom stereocenters. The van der Waals surface area contributed by atoms with Gasteiger partial charge in [0.25, 0.3) is 0 Å². The van der Waals surface area contributed by atoms with E-state index in [1.54, 1.807) is 6.20 Å². The summed E-state index contributed by atoms with van der Waals surface area (Å²) in [6, 6.07) is 14.4. The van der Waals surface area contributed by atoms with Gasteiger partial charge in [-0.3, -0.25) is 14.7 Å².